The molecule has 0 amide bonds. The first-order valence-electron chi connectivity index (χ1n) is 6.64. The van der Waals surface area contributed by atoms with E-state index in [1.807, 2.05) is 7.05 Å². The lowest BCUT2D eigenvalue weighted by atomic mass is 9.97. The summed E-state index contributed by atoms with van der Waals surface area (Å²) in [6.45, 7) is 10.3. The molecule has 0 radical (unpaired) electrons. The average Bonchev–Trinajstić information content (AvgIpc) is 2.29. The fourth-order valence-electron chi connectivity index (χ4n) is 1.94. The third kappa shape index (κ3) is 6.46. The van der Waals surface area contributed by atoms with Gasteiger partial charge in [-0.2, -0.15) is 0 Å². The molecule has 3 nitrogen and oxygen atoms in total. The number of hydrogen-bond donors (Lipinski definition) is 2. The van der Waals surface area contributed by atoms with E-state index in [0.717, 1.165) is 19.4 Å². The summed E-state index contributed by atoms with van der Waals surface area (Å²) in [6, 6.07) is 0. The van der Waals surface area contributed by atoms with Crippen molar-refractivity contribution in [2.24, 2.45) is 0 Å². The van der Waals surface area contributed by atoms with Crippen LogP contribution in [0.25, 0.3) is 0 Å². The van der Waals surface area contributed by atoms with Crippen molar-refractivity contribution in [2.45, 2.75) is 52.0 Å². The molecule has 2 N–H and O–H groups in total. The number of nitrogens with one attached hydrogen (secondary N) is 1. The van der Waals surface area contributed by atoms with Crippen LogP contribution >= 0.6 is 0 Å². The quantitative estimate of drug-likeness (QED) is 0.601. The summed E-state index contributed by atoms with van der Waals surface area (Å²) >= 11 is 0. The van der Waals surface area contributed by atoms with Gasteiger partial charge in [-0.1, -0.05) is 13.8 Å². The maximum absolute atomic E-state index is 9.28. The molecule has 1 unspecified atom stereocenters. The molecule has 0 saturated carbocycles. The molecule has 16 heavy (non-hydrogen) atoms. The Morgan fingerprint density at radius 1 is 1.12 bits per heavy atom. The van der Waals surface area contributed by atoms with E-state index in [9.17, 15) is 5.11 Å². The van der Waals surface area contributed by atoms with Crippen LogP contribution < -0.4 is 5.32 Å². The zero-order valence-corrected chi connectivity index (χ0v) is 11.6. The van der Waals surface area contributed by atoms with Gasteiger partial charge in [0.25, 0.3) is 0 Å². The van der Waals surface area contributed by atoms with E-state index in [1.54, 1.807) is 0 Å². The summed E-state index contributed by atoms with van der Waals surface area (Å²) < 4.78 is 0. The molecule has 0 rings (SSSR count). The van der Waals surface area contributed by atoms with Gasteiger partial charge in [0.2, 0.25) is 0 Å². The van der Waals surface area contributed by atoms with Crippen LogP contribution in [0, 0.1) is 0 Å². The van der Waals surface area contributed by atoms with E-state index in [0.29, 0.717) is 0 Å². The standard InChI is InChI=1S/C13H30N2O/c1-5-9-15(10-6-2)11-7-8-13(3,12-16)14-4/h14,16H,5-12H2,1-4H3. The van der Waals surface area contributed by atoms with Gasteiger partial charge in [0.05, 0.1) is 6.61 Å². The van der Waals surface area contributed by atoms with Crippen LogP contribution in [-0.4, -0.2) is 48.8 Å². The molecular formula is C13H30N2O. The molecule has 98 valence electrons. The van der Waals surface area contributed by atoms with E-state index in [1.165, 1.54) is 25.9 Å². The molecule has 0 heterocycles. The molecule has 0 aromatic carbocycles. The number of likely N-dealkylation sites (N-methyl/N-ethyl adjacent to an activating group) is 1. The Bertz CT molecular complexity index is 152. The summed E-state index contributed by atoms with van der Waals surface area (Å²) in [7, 11) is 1.92. The highest BCUT2D eigenvalue weighted by Gasteiger charge is 2.20. The first-order valence-corrected chi connectivity index (χ1v) is 6.64. The predicted octanol–water partition coefficient (Wildman–Crippen LogP) is 1.86. The van der Waals surface area contributed by atoms with Gasteiger partial charge in [-0.3, -0.25) is 0 Å². The molecule has 0 aliphatic heterocycles. The van der Waals surface area contributed by atoms with Gasteiger partial charge in [0.1, 0.15) is 0 Å². The lowest BCUT2D eigenvalue weighted by Crippen LogP contribution is -2.44. The Kier molecular flexibility index (Phi) is 8.90. The molecule has 0 bridgehead atoms. The van der Waals surface area contributed by atoms with Crippen LogP contribution in [-0.2, 0) is 0 Å². The van der Waals surface area contributed by atoms with E-state index in [2.05, 4.69) is 31.0 Å². The molecule has 0 aromatic rings. The molecule has 1 atom stereocenters. The summed E-state index contributed by atoms with van der Waals surface area (Å²) in [5.41, 5.74) is -0.107. The van der Waals surface area contributed by atoms with E-state index >= 15 is 0 Å². The molecule has 0 spiro atoms. The molecule has 0 fully saturated rings. The fraction of sp³-hybridized carbons (Fsp3) is 1.00. The number of nitrogens with zero attached hydrogens (tertiary/aromatic N) is 1. The van der Waals surface area contributed by atoms with Crippen LogP contribution in [0.1, 0.15) is 46.5 Å². The number of rotatable bonds is 10. The number of aliphatic hydroxyl groups excluding tert-OH is 1. The summed E-state index contributed by atoms with van der Waals surface area (Å²) in [5.74, 6) is 0. The zero-order chi connectivity index (χ0) is 12.4. The minimum Gasteiger partial charge on any atom is -0.394 e. The highest BCUT2D eigenvalue weighted by atomic mass is 16.3. The van der Waals surface area contributed by atoms with Crippen molar-refractivity contribution in [3.05, 3.63) is 0 Å². The van der Waals surface area contributed by atoms with Crippen LogP contribution in [0.15, 0.2) is 0 Å². The SMILES string of the molecule is CCCN(CCC)CCCC(C)(CO)NC. The van der Waals surface area contributed by atoms with Crippen molar-refractivity contribution in [1.82, 2.24) is 10.2 Å². The number of hydrogen-bond acceptors (Lipinski definition) is 3. The zero-order valence-electron chi connectivity index (χ0n) is 11.6. The fourth-order valence-corrected chi connectivity index (χ4v) is 1.94. The van der Waals surface area contributed by atoms with Crippen LogP contribution in [0.4, 0.5) is 0 Å². The molecule has 0 aliphatic carbocycles. The van der Waals surface area contributed by atoms with Gasteiger partial charge in [-0.15, -0.1) is 0 Å². The van der Waals surface area contributed by atoms with Gasteiger partial charge >= 0.3 is 0 Å². The van der Waals surface area contributed by atoms with Crippen molar-refractivity contribution in [3.8, 4) is 0 Å². The minimum absolute atomic E-state index is 0.107. The number of aliphatic hydroxyl groups is 1. The van der Waals surface area contributed by atoms with Crippen molar-refractivity contribution in [3.63, 3.8) is 0 Å². The normalized spacial score (nSPS) is 15.4. The Morgan fingerprint density at radius 3 is 2.06 bits per heavy atom. The highest BCUT2D eigenvalue weighted by Crippen LogP contribution is 2.11. The van der Waals surface area contributed by atoms with Crippen molar-refractivity contribution < 1.29 is 5.11 Å². The topological polar surface area (TPSA) is 35.5 Å². The van der Waals surface area contributed by atoms with E-state index in [-0.39, 0.29) is 12.1 Å². The second-order valence-corrected chi connectivity index (χ2v) is 4.91. The maximum Gasteiger partial charge on any atom is 0.0610 e. The van der Waals surface area contributed by atoms with Crippen molar-refractivity contribution in [1.29, 1.82) is 0 Å². The lowest BCUT2D eigenvalue weighted by Gasteiger charge is -2.28. The predicted molar refractivity (Wildman–Crippen MR) is 70.8 cm³/mol. The molecule has 0 aromatic heterocycles. The Morgan fingerprint density at radius 2 is 1.69 bits per heavy atom. The first kappa shape index (κ1) is 15.9. The van der Waals surface area contributed by atoms with Gasteiger partial charge in [-0.05, 0) is 59.3 Å². The van der Waals surface area contributed by atoms with Gasteiger partial charge < -0.3 is 15.3 Å². The van der Waals surface area contributed by atoms with Crippen LogP contribution in [0.2, 0.25) is 0 Å². The summed E-state index contributed by atoms with van der Waals surface area (Å²) in [6.07, 6.45) is 4.63. The Labute approximate surface area is 101 Å². The largest absolute Gasteiger partial charge is 0.394 e. The second kappa shape index (κ2) is 8.97. The summed E-state index contributed by atoms with van der Waals surface area (Å²) in [5, 5.41) is 12.5. The van der Waals surface area contributed by atoms with E-state index in [4.69, 9.17) is 0 Å². The van der Waals surface area contributed by atoms with E-state index < -0.39 is 0 Å². The smallest absolute Gasteiger partial charge is 0.0610 e. The molecule has 0 saturated heterocycles. The second-order valence-electron chi connectivity index (χ2n) is 4.91. The lowest BCUT2D eigenvalue weighted by molar-refractivity contribution is 0.163. The Balaban J connectivity index is 3.83. The molecule has 3 heteroatoms. The highest BCUT2D eigenvalue weighted by molar-refractivity contribution is 4.80. The van der Waals surface area contributed by atoms with Gasteiger partial charge in [-0.25, -0.2) is 0 Å². The molecule has 0 aliphatic rings. The third-order valence-electron chi connectivity index (χ3n) is 3.24. The van der Waals surface area contributed by atoms with Crippen molar-refractivity contribution in [2.75, 3.05) is 33.3 Å². The minimum atomic E-state index is -0.107. The Hall–Kier alpha value is -0.120. The first-order chi connectivity index (χ1) is 7.61. The van der Waals surface area contributed by atoms with Gasteiger partial charge in [0.15, 0.2) is 0 Å². The maximum atomic E-state index is 9.28. The van der Waals surface area contributed by atoms with Crippen LogP contribution in [0.5, 0.6) is 0 Å². The van der Waals surface area contributed by atoms with Crippen LogP contribution in [0.3, 0.4) is 0 Å². The third-order valence-corrected chi connectivity index (χ3v) is 3.24. The molecular weight excluding hydrogens is 200 g/mol. The van der Waals surface area contributed by atoms with Crippen molar-refractivity contribution >= 4 is 0 Å². The monoisotopic (exact) mass is 230 g/mol. The average molecular weight is 230 g/mol. The van der Waals surface area contributed by atoms with Gasteiger partial charge in [0, 0.05) is 5.54 Å². The summed E-state index contributed by atoms with van der Waals surface area (Å²) in [4.78, 5) is 2.52.